The quantitative estimate of drug-likeness (QED) is 0.864. The molecule has 90 valence electrons. The van der Waals surface area contributed by atoms with Gasteiger partial charge in [0.15, 0.2) is 0 Å². The normalized spacial score (nSPS) is 12.7. The number of rotatable bonds is 3. The summed E-state index contributed by atoms with van der Waals surface area (Å²) in [6.45, 7) is 2.06. The highest BCUT2D eigenvalue weighted by Crippen LogP contribution is 2.34. The molecule has 1 heterocycles. The fourth-order valence-electron chi connectivity index (χ4n) is 1.90. The molecule has 17 heavy (non-hydrogen) atoms. The van der Waals surface area contributed by atoms with Gasteiger partial charge in [-0.3, -0.25) is 0 Å². The summed E-state index contributed by atoms with van der Waals surface area (Å²) in [6, 6.07) is 7.99. The highest BCUT2D eigenvalue weighted by atomic mass is 35.5. The first kappa shape index (κ1) is 12.9. The highest BCUT2D eigenvalue weighted by molar-refractivity contribution is 7.10. The molecule has 0 saturated carbocycles. The summed E-state index contributed by atoms with van der Waals surface area (Å²) in [6.07, 6.45) is 0. The van der Waals surface area contributed by atoms with E-state index < -0.39 is 0 Å². The van der Waals surface area contributed by atoms with Crippen LogP contribution in [0.1, 0.15) is 22.0 Å². The van der Waals surface area contributed by atoms with Crippen molar-refractivity contribution in [2.24, 2.45) is 0 Å². The molecule has 0 bridgehead atoms. The van der Waals surface area contributed by atoms with Crippen LogP contribution in [0.4, 0.5) is 0 Å². The minimum Gasteiger partial charge on any atom is -0.309 e. The lowest BCUT2D eigenvalue weighted by atomic mass is 10.0. The first-order valence-corrected chi connectivity index (χ1v) is 6.93. The lowest BCUT2D eigenvalue weighted by Crippen LogP contribution is -2.17. The smallest absolute Gasteiger partial charge is 0.0686 e. The lowest BCUT2D eigenvalue weighted by molar-refractivity contribution is 0.699. The molecule has 2 rings (SSSR count). The van der Waals surface area contributed by atoms with Crippen molar-refractivity contribution in [2.75, 3.05) is 7.05 Å². The van der Waals surface area contributed by atoms with Gasteiger partial charge in [-0.1, -0.05) is 29.3 Å². The van der Waals surface area contributed by atoms with Crippen LogP contribution in [-0.2, 0) is 0 Å². The molecule has 4 heteroatoms. The minimum absolute atomic E-state index is 0.125. The van der Waals surface area contributed by atoms with Crippen LogP contribution < -0.4 is 5.32 Å². The van der Waals surface area contributed by atoms with E-state index in [4.69, 9.17) is 23.2 Å². The molecule has 1 aromatic carbocycles. The lowest BCUT2D eigenvalue weighted by Gasteiger charge is -2.18. The van der Waals surface area contributed by atoms with Gasteiger partial charge in [-0.05, 0) is 48.7 Å². The van der Waals surface area contributed by atoms with Crippen molar-refractivity contribution < 1.29 is 0 Å². The molecule has 0 aliphatic heterocycles. The van der Waals surface area contributed by atoms with E-state index in [9.17, 15) is 0 Å². The second kappa shape index (κ2) is 5.40. The Kier molecular flexibility index (Phi) is 4.10. The summed E-state index contributed by atoms with van der Waals surface area (Å²) in [5.74, 6) is 0. The summed E-state index contributed by atoms with van der Waals surface area (Å²) < 4.78 is 0. The molecular weight excluding hydrogens is 273 g/mol. The molecule has 1 N–H and O–H groups in total. The predicted molar refractivity (Wildman–Crippen MR) is 76.4 cm³/mol. The summed E-state index contributed by atoms with van der Waals surface area (Å²) in [5, 5.41) is 6.88. The largest absolute Gasteiger partial charge is 0.309 e. The zero-order chi connectivity index (χ0) is 12.4. The van der Waals surface area contributed by atoms with Gasteiger partial charge in [0.2, 0.25) is 0 Å². The van der Waals surface area contributed by atoms with E-state index in [1.807, 2.05) is 30.6 Å². The van der Waals surface area contributed by atoms with Crippen molar-refractivity contribution in [3.63, 3.8) is 0 Å². The zero-order valence-corrected chi connectivity index (χ0v) is 12.0. The molecule has 0 saturated heterocycles. The number of benzene rings is 1. The Bertz CT molecular complexity index is 522. The Balaban J connectivity index is 2.46. The van der Waals surface area contributed by atoms with Gasteiger partial charge in [-0.15, -0.1) is 11.3 Å². The number of nitrogens with one attached hydrogen (secondary N) is 1. The third-order valence-electron chi connectivity index (χ3n) is 2.74. The molecule has 1 aromatic heterocycles. The number of thiophene rings is 1. The van der Waals surface area contributed by atoms with Crippen LogP contribution in [0, 0.1) is 6.92 Å². The van der Waals surface area contributed by atoms with Crippen molar-refractivity contribution in [2.45, 2.75) is 13.0 Å². The van der Waals surface area contributed by atoms with Crippen LogP contribution in [0.5, 0.6) is 0 Å². The minimum atomic E-state index is 0.125. The number of hydrogen-bond acceptors (Lipinski definition) is 2. The Morgan fingerprint density at radius 2 is 2.00 bits per heavy atom. The Hall–Kier alpha value is -0.540. The maximum Gasteiger partial charge on any atom is 0.0686 e. The van der Waals surface area contributed by atoms with Crippen molar-refractivity contribution >= 4 is 34.5 Å². The van der Waals surface area contributed by atoms with E-state index in [-0.39, 0.29) is 6.04 Å². The van der Waals surface area contributed by atoms with Gasteiger partial charge in [0.05, 0.1) is 11.1 Å². The molecular formula is C13H13Cl2NS. The number of hydrogen-bond donors (Lipinski definition) is 1. The first-order valence-electron chi connectivity index (χ1n) is 5.29. The third kappa shape index (κ3) is 2.66. The van der Waals surface area contributed by atoms with Crippen LogP contribution in [0.25, 0.3) is 0 Å². The standard InChI is InChI=1S/C13H13Cl2NS/c1-8-7-9(14)3-4-10(8)12(16-2)13-11(15)5-6-17-13/h3-7,12,16H,1-2H3. The second-order valence-corrected chi connectivity index (χ2v) is 5.65. The van der Waals surface area contributed by atoms with Crippen LogP contribution in [-0.4, -0.2) is 7.05 Å². The Morgan fingerprint density at radius 3 is 2.53 bits per heavy atom. The van der Waals surface area contributed by atoms with Gasteiger partial charge in [0.25, 0.3) is 0 Å². The van der Waals surface area contributed by atoms with Gasteiger partial charge in [-0.25, -0.2) is 0 Å². The van der Waals surface area contributed by atoms with E-state index in [2.05, 4.69) is 18.3 Å². The third-order valence-corrected chi connectivity index (χ3v) is 4.40. The molecule has 1 unspecified atom stereocenters. The average Bonchev–Trinajstić information content (AvgIpc) is 2.69. The molecule has 0 radical (unpaired) electrons. The van der Waals surface area contributed by atoms with Gasteiger partial charge in [0.1, 0.15) is 0 Å². The molecule has 0 spiro atoms. The number of halogens is 2. The van der Waals surface area contributed by atoms with Crippen molar-refractivity contribution in [3.05, 3.63) is 55.7 Å². The van der Waals surface area contributed by atoms with Gasteiger partial charge < -0.3 is 5.32 Å². The summed E-state index contributed by atoms with van der Waals surface area (Å²) in [4.78, 5) is 1.14. The molecule has 0 amide bonds. The van der Waals surface area contributed by atoms with E-state index in [1.165, 1.54) is 11.1 Å². The van der Waals surface area contributed by atoms with Crippen molar-refractivity contribution in [1.82, 2.24) is 5.32 Å². The Morgan fingerprint density at radius 1 is 1.24 bits per heavy atom. The average molecular weight is 286 g/mol. The molecule has 0 aliphatic rings. The van der Waals surface area contributed by atoms with E-state index in [0.717, 1.165) is 14.9 Å². The van der Waals surface area contributed by atoms with Crippen molar-refractivity contribution in [1.29, 1.82) is 0 Å². The maximum atomic E-state index is 6.19. The summed E-state index contributed by atoms with van der Waals surface area (Å²) in [5.41, 5.74) is 2.38. The summed E-state index contributed by atoms with van der Waals surface area (Å²) >= 11 is 13.8. The van der Waals surface area contributed by atoms with Gasteiger partial charge in [-0.2, -0.15) is 0 Å². The topological polar surface area (TPSA) is 12.0 Å². The van der Waals surface area contributed by atoms with E-state index in [1.54, 1.807) is 11.3 Å². The van der Waals surface area contributed by atoms with Crippen molar-refractivity contribution in [3.8, 4) is 0 Å². The fraction of sp³-hybridized carbons (Fsp3) is 0.231. The highest BCUT2D eigenvalue weighted by Gasteiger charge is 2.18. The molecule has 0 fully saturated rings. The predicted octanol–water partition coefficient (Wildman–Crippen LogP) is 4.67. The SMILES string of the molecule is CNC(c1ccc(Cl)cc1C)c1sccc1Cl. The summed E-state index contributed by atoms with van der Waals surface area (Å²) in [7, 11) is 1.94. The van der Waals surface area contributed by atoms with E-state index >= 15 is 0 Å². The van der Waals surface area contributed by atoms with Gasteiger partial charge in [0, 0.05) is 9.90 Å². The van der Waals surface area contributed by atoms with E-state index in [0.29, 0.717) is 0 Å². The zero-order valence-electron chi connectivity index (χ0n) is 9.63. The molecule has 1 nitrogen and oxygen atoms in total. The molecule has 2 aromatic rings. The monoisotopic (exact) mass is 285 g/mol. The van der Waals surface area contributed by atoms with Crippen LogP contribution in [0.15, 0.2) is 29.6 Å². The maximum absolute atomic E-state index is 6.19. The van der Waals surface area contributed by atoms with Crippen LogP contribution >= 0.6 is 34.5 Å². The van der Waals surface area contributed by atoms with Crippen LogP contribution in [0.3, 0.4) is 0 Å². The number of aryl methyl sites for hydroxylation is 1. The first-order chi connectivity index (χ1) is 8.13. The molecule has 1 atom stereocenters. The van der Waals surface area contributed by atoms with Crippen LogP contribution in [0.2, 0.25) is 10.0 Å². The second-order valence-electron chi connectivity index (χ2n) is 3.86. The molecule has 0 aliphatic carbocycles. The Labute approximate surface area is 115 Å². The van der Waals surface area contributed by atoms with Gasteiger partial charge >= 0.3 is 0 Å². The fourth-order valence-corrected chi connectivity index (χ4v) is 3.42.